The molecule has 2 heterocycles. The highest BCUT2D eigenvalue weighted by atomic mass is 16.4. The van der Waals surface area contributed by atoms with E-state index < -0.39 is 5.97 Å². The number of carboxylic acids is 1. The lowest BCUT2D eigenvalue weighted by Gasteiger charge is -2.10. The van der Waals surface area contributed by atoms with Crippen LogP contribution < -0.4 is 0 Å². The summed E-state index contributed by atoms with van der Waals surface area (Å²) in [7, 11) is 3.39. The van der Waals surface area contributed by atoms with E-state index in [2.05, 4.69) is 9.97 Å². The maximum absolute atomic E-state index is 12.1. The fourth-order valence-electron chi connectivity index (χ4n) is 2.66. The number of benzene rings is 1. The van der Waals surface area contributed by atoms with E-state index in [1.807, 2.05) is 6.07 Å². The molecule has 0 unspecified atom stereocenters. The number of aromatic carboxylic acids is 1. The van der Waals surface area contributed by atoms with Crippen LogP contribution in [0.1, 0.15) is 26.4 Å². The Hall–Kier alpha value is -2.89. The number of nitrogens with zero attached hydrogens (tertiary/aromatic N) is 2. The van der Waals surface area contributed by atoms with E-state index in [1.54, 1.807) is 33.2 Å². The van der Waals surface area contributed by atoms with Crippen molar-refractivity contribution in [1.29, 1.82) is 0 Å². The molecular weight excluding hydrogens is 282 g/mol. The van der Waals surface area contributed by atoms with Gasteiger partial charge in [-0.1, -0.05) is 0 Å². The van der Waals surface area contributed by atoms with Gasteiger partial charge in [-0.05, 0) is 30.7 Å². The van der Waals surface area contributed by atoms with Crippen molar-refractivity contribution in [1.82, 2.24) is 14.9 Å². The van der Waals surface area contributed by atoms with E-state index in [9.17, 15) is 14.7 Å². The summed E-state index contributed by atoms with van der Waals surface area (Å²) in [6.45, 7) is 1.73. The number of amides is 1. The van der Waals surface area contributed by atoms with Gasteiger partial charge in [0.1, 0.15) is 0 Å². The van der Waals surface area contributed by atoms with Gasteiger partial charge in [-0.3, -0.25) is 4.79 Å². The van der Waals surface area contributed by atoms with Crippen LogP contribution >= 0.6 is 0 Å². The molecule has 0 spiro atoms. The Morgan fingerprint density at radius 1 is 1.23 bits per heavy atom. The zero-order chi connectivity index (χ0) is 16.0. The van der Waals surface area contributed by atoms with Crippen LogP contribution in [-0.4, -0.2) is 45.9 Å². The Bertz CT molecular complexity index is 925. The number of fused-ring (bicyclic) bond motifs is 3. The van der Waals surface area contributed by atoms with Crippen molar-refractivity contribution in [3.8, 4) is 0 Å². The van der Waals surface area contributed by atoms with E-state index in [1.165, 1.54) is 11.1 Å². The highest BCUT2D eigenvalue weighted by Crippen LogP contribution is 2.30. The minimum atomic E-state index is -1.06. The molecule has 1 amide bonds. The van der Waals surface area contributed by atoms with Gasteiger partial charge in [-0.15, -0.1) is 0 Å². The van der Waals surface area contributed by atoms with E-state index >= 15 is 0 Å². The lowest BCUT2D eigenvalue weighted by Crippen LogP contribution is -2.21. The third-order valence-corrected chi connectivity index (χ3v) is 3.74. The van der Waals surface area contributed by atoms with Gasteiger partial charge in [0.15, 0.2) is 5.69 Å². The van der Waals surface area contributed by atoms with Gasteiger partial charge in [0.05, 0.1) is 11.7 Å². The fourth-order valence-corrected chi connectivity index (χ4v) is 2.66. The smallest absolute Gasteiger partial charge is 0.354 e. The second-order valence-electron chi connectivity index (χ2n) is 5.41. The fraction of sp³-hybridized carbons (Fsp3) is 0.188. The Balaban J connectivity index is 2.35. The number of carboxylic acid groups (broad SMARTS) is 1. The van der Waals surface area contributed by atoms with Crippen molar-refractivity contribution in [2.75, 3.05) is 14.1 Å². The van der Waals surface area contributed by atoms with Crippen LogP contribution in [0.5, 0.6) is 0 Å². The molecule has 0 atom stereocenters. The van der Waals surface area contributed by atoms with Crippen molar-refractivity contribution in [3.05, 3.63) is 41.2 Å². The van der Waals surface area contributed by atoms with E-state index in [0.29, 0.717) is 11.1 Å². The number of aromatic amines is 1. The second-order valence-corrected chi connectivity index (χ2v) is 5.41. The average Bonchev–Trinajstić information content (AvgIpc) is 2.84. The van der Waals surface area contributed by atoms with Crippen LogP contribution in [0.4, 0.5) is 0 Å². The summed E-state index contributed by atoms with van der Waals surface area (Å²) >= 11 is 0. The van der Waals surface area contributed by atoms with Gasteiger partial charge in [0.25, 0.3) is 5.91 Å². The van der Waals surface area contributed by atoms with Gasteiger partial charge in [-0.25, -0.2) is 9.78 Å². The van der Waals surface area contributed by atoms with Crippen LogP contribution in [0.2, 0.25) is 0 Å². The zero-order valence-corrected chi connectivity index (χ0v) is 12.5. The van der Waals surface area contributed by atoms with E-state index in [-0.39, 0.29) is 11.6 Å². The van der Waals surface area contributed by atoms with Crippen molar-refractivity contribution in [3.63, 3.8) is 0 Å². The number of nitrogens with one attached hydrogen (secondary N) is 1. The molecule has 0 aliphatic carbocycles. The highest BCUT2D eigenvalue weighted by Gasteiger charge is 2.17. The third kappa shape index (κ3) is 2.00. The van der Waals surface area contributed by atoms with Gasteiger partial charge in [0.2, 0.25) is 0 Å². The highest BCUT2D eigenvalue weighted by molar-refractivity contribution is 6.12. The normalized spacial score (nSPS) is 11.0. The van der Waals surface area contributed by atoms with Crippen molar-refractivity contribution in [2.24, 2.45) is 0 Å². The summed E-state index contributed by atoms with van der Waals surface area (Å²) < 4.78 is 0. The summed E-state index contributed by atoms with van der Waals surface area (Å²) in [6, 6.07) is 5.36. The largest absolute Gasteiger partial charge is 0.477 e. The molecular formula is C16H15N3O3. The van der Waals surface area contributed by atoms with Gasteiger partial charge >= 0.3 is 5.97 Å². The molecule has 6 heteroatoms. The average molecular weight is 297 g/mol. The third-order valence-electron chi connectivity index (χ3n) is 3.74. The number of carbonyl (C=O) groups excluding carboxylic acids is 1. The first-order chi connectivity index (χ1) is 10.4. The molecule has 2 N–H and O–H groups in total. The SMILES string of the molecule is Cc1c(C(=O)O)ncc2[nH]c3ccc(C(=O)N(C)C)cc3c12. The Morgan fingerprint density at radius 2 is 1.95 bits per heavy atom. The van der Waals surface area contributed by atoms with E-state index in [4.69, 9.17) is 0 Å². The molecule has 3 rings (SSSR count). The van der Waals surface area contributed by atoms with Crippen molar-refractivity contribution < 1.29 is 14.7 Å². The molecule has 6 nitrogen and oxygen atoms in total. The van der Waals surface area contributed by atoms with Crippen LogP contribution in [0.3, 0.4) is 0 Å². The Kier molecular flexibility index (Phi) is 3.09. The zero-order valence-electron chi connectivity index (χ0n) is 12.5. The molecule has 0 radical (unpaired) electrons. The maximum Gasteiger partial charge on any atom is 0.354 e. The van der Waals surface area contributed by atoms with Gasteiger partial charge < -0.3 is 15.0 Å². The predicted octanol–water partition coefficient (Wildman–Crippen LogP) is 2.42. The molecule has 112 valence electrons. The number of carbonyl (C=O) groups is 2. The van der Waals surface area contributed by atoms with Gasteiger partial charge in [-0.2, -0.15) is 0 Å². The van der Waals surface area contributed by atoms with Crippen LogP contribution in [-0.2, 0) is 0 Å². The van der Waals surface area contributed by atoms with Crippen LogP contribution in [0.25, 0.3) is 21.8 Å². The molecule has 22 heavy (non-hydrogen) atoms. The monoisotopic (exact) mass is 297 g/mol. The standard InChI is InChI=1S/C16H15N3O3/c1-8-13-10-6-9(15(20)19(2)3)4-5-11(10)18-12(13)7-17-14(8)16(21)22/h4-7,18H,1-3H3,(H,21,22). The predicted molar refractivity (Wildman–Crippen MR) is 83.3 cm³/mol. The van der Waals surface area contributed by atoms with E-state index in [0.717, 1.165) is 21.8 Å². The lowest BCUT2D eigenvalue weighted by atomic mass is 10.0. The first-order valence-electron chi connectivity index (χ1n) is 6.76. The molecule has 1 aromatic carbocycles. The Morgan fingerprint density at radius 3 is 2.59 bits per heavy atom. The van der Waals surface area contributed by atoms with Gasteiger partial charge in [0, 0.05) is 35.9 Å². The summed E-state index contributed by atoms with van der Waals surface area (Å²) in [4.78, 5) is 32.1. The first kappa shape index (κ1) is 14.1. The molecule has 0 saturated heterocycles. The van der Waals surface area contributed by atoms with Crippen molar-refractivity contribution >= 4 is 33.7 Å². The number of aromatic nitrogens is 2. The number of aryl methyl sites for hydroxylation is 1. The molecule has 0 aliphatic heterocycles. The molecule has 3 aromatic rings. The summed E-state index contributed by atoms with van der Waals surface area (Å²) in [5.74, 6) is -1.16. The van der Waals surface area contributed by atoms with Crippen molar-refractivity contribution in [2.45, 2.75) is 6.92 Å². The quantitative estimate of drug-likeness (QED) is 0.760. The second kappa shape index (κ2) is 4.84. The molecule has 0 fully saturated rings. The number of hydrogen-bond acceptors (Lipinski definition) is 3. The van der Waals surface area contributed by atoms with Crippen LogP contribution in [0.15, 0.2) is 24.4 Å². The molecule has 2 aromatic heterocycles. The minimum Gasteiger partial charge on any atom is -0.477 e. The Labute approximate surface area is 126 Å². The number of pyridine rings is 1. The summed E-state index contributed by atoms with van der Waals surface area (Å²) in [5, 5.41) is 10.8. The summed E-state index contributed by atoms with van der Waals surface area (Å²) in [6.07, 6.45) is 1.51. The topological polar surface area (TPSA) is 86.3 Å². The molecule has 0 aliphatic rings. The number of H-pyrrole nitrogens is 1. The number of rotatable bonds is 2. The minimum absolute atomic E-state index is 0.0257. The maximum atomic E-state index is 12.1. The number of hydrogen-bond donors (Lipinski definition) is 2. The lowest BCUT2D eigenvalue weighted by molar-refractivity contribution is 0.0689. The first-order valence-corrected chi connectivity index (χ1v) is 6.76. The summed E-state index contributed by atoms with van der Waals surface area (Å²) in [5.41, 5.74) is 2.78. The molecule has 0 saturated carbocycles. The molecule has 0 bridgehead atoms. The van der Waals surface area contributed by atoms with Crippen LogP contribution in [0, 0.1) is 6.92 Å².